The Kier molecular flexibility index (Phi) is 13.3. The number of aliphatic hydroxyl groups excluding tert-OH is 2. The van der Waals surface area contributed by atoms with Gasteiger partial charge in [-0.3, -0.25) is 4.98 Å². The maximum Gasteiger partial charge on any atom is 0.245 e. The molecule has 0 amide bonds. The van der Waals surface area contributed by atoms with Crippen molar-refractivity contribution in [1.29, 1.82) is 0 Å². The number of hydrogen-bond donors (Lipinski definition) is 2. The van der Waals surface area contributed by atoms with Gasteiger partial charge in [0.05, 0.1) is 29.8 Å². The van der Waals surface area contributed by atoms with Gasteiger partial charge in [0.2, 0.25) is 15.8 Å². The molecule has 1 aromatic heterocycles. The Hall–Kier alpha value is -4.24. The molecule has 11 nitrogen and oxygen atoms in total. The first-order valence-corrected chi connectivity index (χ1v) is 22.6. The largest absolute Gasteiger partial charge is 0.460 e. The molecule has 2 aliphatic carbocycles. The summed E-state index contributed by atoms with van der Waals surface area (Å²) in [7, 11) is -1.15. The molecule has 0 saturated heterocycles. The summed E-state index contributed by atoms with van der Waals surface area (Å²) < 4.78 is 52.0. The molecule has 3 aromatic carbocycles. The van der Waals surface area contributed by atoms with E-state index < -0.39 is 27.8 Å². The second kappa shape index (κ2) is 18.4. The molecule has 308 valence electrons. The third kappa shape index (κ3) is 8.04. The highest BCUT2D eigenvalue weighted by Crippen LogP contribution is 2.62. The van der Waals surface area contributed by atoms with Gasteiger partial charge in [0, 0.05) is 54.6 Å². The SMILES string of the molecule is C=CCO[C@@]12Oc3ccc(Oc4ccc(SC)cc4)cc3[C@H]3[C@H](CCCCO)[C@@H](CCCCO)C=C(C(=NOC)C[C@@H]1N(C)S(=O)(=O)c1cccc4cccnc14)[C@H]32. The van der Waals surface area contributed by atoms with E-state index in [1.807, 2.05) is 60.9 Å². The van der Waals surface area contributed by atoms with Crippen LogP contribution in [0, 0.1) is 17.8 Å². The van der Waals surface area contributed by atoms with E-state index >= 15 is 0 Å². The normalized spacial score (nSPS) is 24.5. The number of sulfonamides is 1. The van der Waals surface area contributed by atoms with Gasteiger partial charge >= 0.3 is 0 Å². The molecule has 58 heavy (non-hydrogen) atoms. The predicted molar refractivity (Wildman–Crippen MR) is 227 cm³/mol. The maximum atomic E-state index is 15.0. The van der Waals surface area contributed by atoms with Gasteiger partial charge in [-0.2, -0.15) is 4.31 Å². The number of fused-ring (bicyclic) bond motifs is 3. The third-order valence-corrected chi connectivity index (χ3v) is 14.5. The number of hydrogen-bond acceptors (Lipinski definition) is 11. The Morgan fingerprint density at radius 2 is 1.76 bits per heavy atom. The molecule has 0 spiro atoms. The van der Waals surface area contributed by atoms with Crippen molar-refractivity contribution < 1.29 is 37.7 Å². The number of pyridine rings is 1. The lowest BCUT2D eigenvalue weighted by atomic mass is 9.55. The van der Waals surface area contributed by atoms with Crippen molar-refractivity contribution in [2.24, 2.45) is 22.9 Å². The highest BCUT2D eigenvalue weighted by atomic mass is 32.2. The first-order chi connectivity index (χ1) is 28.2. The van der Waals surface area contributed by atoms with Crippen LogP contribution in [-0.4, -0.2) is 85.7 Å². The number of para-hydroxylation sites is 1. The molecule has 7 rings (SSSR count). The van der Waals surface area contributed by atoms with E-state index in [9.17, 15) is 18.6 Å². The van der Waals surface area contributed by atoms with Crippen LogP contribution in [0.15, 0.2) is 118 Å². The highest BCUT2D eigenvalue weighted by molar-refractivity contribution is 7.98. The van der Waals surface area contributed by atoms with Crippen molar-refractivity contribution in [1.82, 2.24) is 9.29 Å². The number of thioether (sulfide) groups is 1. The molecule has 2 N–H and O–H groups in total. The van der Waals surface area contributed by atoms with Crippen molar-refractivity contribution in [3.05, 3.63) is 109 Å². The molecule has 13 heteroatoms. The van der Waals surface area contributed by atoms with Crippen molar-refractivity contribution >= 4 is 38.4 Å². The average molecular weight is 828 g/mol. The summed E-state index contributed by atoms with van der Waals surface area (Å²) in [5.41, 5.74) is 2.80. The van der Waals surface area contributed by atoms with Gasteiger partial charge in [-0.05, 0) is 104 Å². The van der Waals surface area contributed by atoms with Gasteiger partial charge < -0.3 is 29.3 Å². The summed E-state index contributed by atoms with van der Waals surface area (Å²) >= 11 is 1.66. The van der Waals surface area contributed by atoms with Gasteiger partial charge in [0.25, 0.3) is 0 Å². The second-order valence-corrected chi connectivity index (χ2v) is 17.9. The van der Waals surface area contributed by atoms with Gasteiger partial charge in [-0.1, -0.05) is 48.3 Å². The molecule has 0 radical (unpaired) electrons. The van der Waals surface area contributed by atoms with E-state index in [0.717, 1.165) is 41.7 Å². The molecule has 1 fully saturated rings. The number of rotatable bonds is 18. The Morgan fingerprint density at radius 1 is 1.02 bits per heavy atom. The smallest absolute Gasteiger partial charge is 0.245 e. The predicted octanol–water partition coefficient (Wildman–Crippen LogP) is 8.33. The number of allylic oxidation sites excluding steroid dienone is 1. The Balaban J connectivity index is 1.44. The average Bonchev–Trinajstić information content (AvgIpc) is 3.24. The van der Waals surface area contributed by atoms with Crippen LogP contribution in [0.3, 0.4) is 0 Å². The van der Waals surface area contributed by atoms with Crippen molar-refractivity contribution in [3.8, 4) is 17.2 Å². The van der Waals surface area contributed by atoms with Crippen LogP contribution in [0.4, 0.5) is 0 Å². The van der Waals surface area contributed by atoms with E-state index in [0.29, 0.717) is 46.7 Å². The van der Waals surface area contributed by atoms with Crippen LogP contribution in [0.2, 0.25) is 0 Å². The summed E-state index contributed by atoms with van der Waals surface area (Å²) in [5, 5.41) is 25.0. The molecule has 0 bridgehead atoms. The lowest BCUT2D eigenvalue weighted by Gasteiger charge is -2.59. The molecular weight excluding hydrogens is 775 g/mol. The van der Waals surface area contributed by atoms with E-state index in [-0.39, 0.29) is 48.9 Å². The summed E-state index contributed by atoms with van der Waals surface area (Å²) in [6, 6.07) is 21.6. The van der Waals surface area contributed by atoms with Crippen LogP contribution in [0.25, 0.3) is 10.9 Å². The van der Waals surface area contributed by atoms with Gasteiger partial charge in [-0.15, -0.1) is 18.3 Å². The Bertz CT molecular complexity index is 2240. The fourth-order valence-electron chi connectivity index (χ4n) is 9.26. The minimum atomic E-state index is -4.22. The third-order valence-electron chi connectivity index (χ3n) is 11.8. The summed E-state index contributed by atoms with van der Waals surface area (Å²) in [4.78, 5) is 11.2. The van der Waals surface area contributed by atoms with E-state index in [1.165, 1.54) is 11.4 Å². The quantitative estimate of drug-likeness (QED) is 0.0436. The van der Waals surface area contributed by atoms with Crippen LogP contribution in [0.5, 0.6) is 17.2 Å². The maximum absolute atomic E-state index is 15.0. The summed E-state index contributed by atoms with van der Waals surface area (Å²) in [6.07, 6.45) is 12.2. The minimum absolute atomic E-state index is 0.0242. The topological polar surface area (TPSA) is 140 Å². The fourth-order valence-corrected chi connectivity index (χ4v) is 11.2. The number of likely N-dealkylation sites (N-methyl/N-ethyl adjacent to an activating group) is 1. The molecular formula is C45H53N3O8S2. The lowest BCUT2D eigenvalue weighted by molar-refractivity contribution is -0.250. The van der Waals surface area contributed by atoms with Crippen LogP contribution in [-0.2, 0) is 19.6 Å². The number of benzene rings is 3. The van der Waals surface area contributed by atoms with E-state index in [4.69, 9.17) is 19.0 Å². The Labute approximate surface area is 345 Å². The van der Waals surface area contributed by atoms with Crippen molar-refractivity contribution in [2.75, 3.05) is 40.2 Å². The van der Waals surface area contributed by atoms with Crippen LogP contribution in [0.1, 0.15) is 56.4 Å². The summed E-state index contributed by atoms with van der Waals surface area (Å²) in [5.74, 6) is -0.327. The lowest BCUT2D eigenvalue weighted by Crippen LogP contribution is -2.69. The highest BCUT2D eigenvalue weighted by Gasteiger charge is 2.65. The number of ether oxygens (including phenoxy) is 3. The fraction of sp³-hybridized carbons (Fsp3) is 0.422. The monoisotopic (exact) mass is 827 g/mol. The van der Waals surface area contributed by atoms with E-state index in [1.54, 1.807) is 49.3 Å². The Morgan fingerprint density at radius 3 is 2.48 bits per heavy atom. The molecule has 2 heterocycles. The van der Waals surface area contributed by atoms with Crippen LogP contribution < -0.4 is 9.47 Å². The molecule has 1 aliphatic heterocycles. The van der Waals surface area contributed by atoms with Crippen molar-refractivity contribution in [2.45, 2.75) is 72.5 Å². The zero-order valence-electron chi connectivity index (χ0n) is 33.3. The zero-order chi connectivity index (χ0) is 40.9. The summed E-state index contributed by atoms with van der Waals surface area (Å²) in [6.45, 7) is 4.25. The molecule has 3 aliphatic rings. The zero-order valence-corrected chi connectivity index (χ0v) is 35.0. The number of aromatic nitrogens is 1. The molecule has 4 aromatic rings. The van der Waals surface area contributed by atoms with Gasteiger partial charge in [-0.25, -0.2) is 8.42 Å². The minimum Gasteiger partial charge on any atom is -0.460 e. The number of oxime groups is 1. The number of unbranched alkanes of at least 4 members (excludes halogenated alkanes) is 2. The standard InChI is InChI=1S/C45H53N3O8S2/c1-5-26-54-45-41(48(2)58(51,52)40-16-10-13-30-14-11-23-46-44(30)40)29-38(47-53-3)36-27-31(12-6-8-24-49)35(15-7-9-25-50)42(43(36)45)37-28-33(19-22-39(37)56-45)55-32-17-20-34(57-4)21-18-32/h5,10-11,13-14,16-23,27-28,31,35,41-43,49-50H,1,6-9,12,15,24-26,29H2,2-4H3/t31-,35+,41-,42+,43+,45+/m0/s1. The first kappa shape index (κ1) is 41.9. The second-order valence-electron chi connectivity index (χ2n) is 15.1. The molecule has 0 unspecified atom stereocenters. The van der Waals surface area contributed by atoms with E-state index in [2.05, 4.69) is 22.8 Å². The molecule has 1 saturated carbocycles. The van der Waals surface area contributed by atoms with Gasteiger partial charge in [0.1, 0.15) is 29.3 Å². The van der Waals surface area contributed by atoms with Crippen molar-refractivity contribution in [3.63, 3.8) is 0 Å². The number of aliphatic hydroxyl groups is 2. The molecule has 6 atom stereocenters. The van der Waals surface area contributed by atoms with Gasteiger partial charge in [0.15, 0.2) is 0 Å². The van der Waals surface area contributed by atoms with Crippen LogP contribution >= 0.6 is 11.8 Å². The first-order valence-electron chi connectivity index (χ1n) is 20.0. The number of nitrogens with zero attached hydrogens (tertiary/aromatic N) is 3.